The van der Waals surface area contributed by atoms with Crippen molar-refractivity contribution in [3.8, 4) is 0 Å². The number of aromatic carboxylic acids is 1. The fourth-order valence-electron chi connectivity index (χ4n) is 2.35. The van der Waals surface area contributed by atoms with E-state index in [1.165, 1.54) is 18.3 Å². The fraction of sp³-hybridized carbons (Fsp3) is 0.286. The summed E-state index contributed by atoms with van der Waals surface area (Å²) >= 11 is 0. The van der Waals surface area contributed by atoms with Gasteiger partial charge in [-0.05, 0) is 31.5 Å². The molecule has 1 saturated heterocycles. The van der Waals surface area contributed by atoms with Gasteiger partial charge in [0.05, 0.1) is 16.8 Å². The Labute approximate surface area is 109 Å². The molecule has 1 aliphatic heterocycles. The van der Waals surface area contributed by atoms with Gasteiger partial charge >= 0.3 is 5.97 Å². The molecule has 0 saturated carbocycles. The highest BCUT2D eigenvalue weighted by Crippen LogP contribution is 2.31. The Kier molecular flexibility index (Phi) is 2.62. The number of fused-ring (bicyclic) bond motifs is 1. The van der Waals surface area contributed by atoms with E-state index in [0.717, 1.165) is 13.0 Å². The van der Waals surface area contributed by atoms with Crippen LogP contribution in [0.15, 0.2) is 24.4 Å². The van der Waals surface area contributed by atoms with Gasteiger partial charge in [0, 0.05) is 24.2 Å². The molecule has 0 spiro atoms. The Hall–Kier alpha value is -2.17. The maximum Gasteiger partial charge on any atom is 0.337 e. The van der Waals surface area contributed by atoms with E-state index in [4.69, 9.17) is 5.11 Å². The average Bonchev–Trinajstić information content (AvgIpc) is 2.37. The first-order chi connectivity index (χ1) is 9.06. The monoisotopic (exact) mass is 260 g/mol. The fourth-order valence-corrected chi connectivity index (χ4v) is 2.35. The molecular formula is C14H13FN2O2. The minimum atomic E-state index is -1.06. The zero-order valence-corrected chi connectivity index (χ0v) is 10.4. The van der Waals surface area contributed by atoms with E-state index in [9.17, 15) is 9.18 Å². The molecule has 2 aromatic rings. The summed E-state index contributed by atoms with van der Waals surface area (Å²) in [4.78, 5) is 16.9. The van der Waals surface area contributed by atoms with Gasteiger partial charge < -0.3 is 10.0 Å². The Morgan fingerprint density at radius 2 is 2.26 bits per heavy atom. The molecule has 0 aliphatic carbocycles. The smallest absolute Gasteiger partial charge is 0.337 e. The van der Waals surface area contributed by atoms with E-state index < -0.39 is 5.97 Å². The number of aromatic nitrogens is 1. The van der Waals surface area contributed by atoms with Crippen LogP contribution in [-0.4, -0.2) is 28.6 Å². The lowest BCUT2D eigenvalue weighted by atomic mass is 10.0. The average molecular weight is 260 g/mol. The van der Waals surface area contributed by atoms with Crippen molar-refractivity contribution in [3.05, 3.63) is 35.8 Å². The van der Waals surface area contributed by atoms with Gasteiger partial charge in [0.1, 0.15) is 5.82 Å². The predicted octanol–water partition coefficient (Wildman–Crippen LogP) is 2.67. The van der Waals surface area contributed by atoms with Crippen molar-refractivity contribution in [3.63, 3.8) is 0 Å². The second-order valence-corrected chi connectivity index (χ2v) is 4.86. The first-order valence-corrected chi connectivity index (χ1v) is 6.15. The van der Waals surface area contributed by atoms with Gasteiger partial charge in [-0.3, -0.25) is 4.98 Å². The van der Waals surface area contributed by atoms with Gasteiger partial charge in [-0.1, -0.05) is 0 Å². The molecule has 1 atom stereocenters. The molecule has 1 aromatic heterocycles. The van der Waals surface area contributed by atoms with Crippen molar-refractivity contribution in [1.29, 1.82) is 0 Å². The van der Waals surface area contributed by atoms with Gasteiger partial charge in [-0.15, -0.1) is 0 Å². The number of carboxylic acids is 1. The second kappa shape index (κ2) is 4.19. The number of rotatable bonds is 2. The minimum absolute atomic E-state index is 0.0666. The number of carbonyl (C=O) groups is 1. The second-order valence-electron chi connectivity index (χ2n) is 4.86. The van der Waals surface area contributed by atoms with Crippen molar-refractivity contribution in [2.24, 2.45) is 0 Å². The van der Waals surface area contributed by atoms with Gasteiger partial charge in [0.15, 0.2) is 0 Å². The summed E-state index contributed by atoms with van der Waals surface area (Å²) in [5.41, 5.74) is 1.22. The van der Waals surface area contributed by atoms with E-state index in [0.29, 0.717) is 22.6 Å². The maximum absolute atomic E-state index is 14.1. The maximum atomic E-state index is 14.1. The van der Waals surface area contributed by atoms with E-state index in [2.05, 4.69) is 4.98 Å². The number of hydrogen-bond acceptors (Lipinski definition) is 3. The number of nitrogens with zero attached hydrogens (tertiary/aromatic N) is 2. The van der Waals surface area contributed by atoms with Crippen LogP contribution in [0, 0.1) is 5.82 Å². The predicted molar refractivity (Wildman–Crippen MR) is 70.1 cm³/mol. The summed E-state index contributed by atoms with van der Waals surface area (Å²) in [6, 6.07) is 4.82. The number of benzene rings is 1. The molecule has 4 nitrogen and oxygen atoms in total. The Balaban J connectivity index is 2.11. The van der Waals surface area contributed by atoms with Crippen molar-refractivity contribution < 1.29 is 14.3 Å². The zero-order chi connectivity index (χ0) is 13.6. The van der Waals surface area contributed by atoms with Crippen molar-refractivity contribution >= 4 is 22.6 Å². The Morgan fingerprint density at radius 1 is 1.47 bits per heavy atom. The van der Waals surface area contributed by atoms with E-state index in [1.54, 1.807) is 6.07 Å². The largest absolute Gasteiger partial charge is 0.478 e. The Bertz CT molecular complexity index is 672. The number of anilines is 1. The lowest BCUT2D eigenvalue weighted by Gasteiger charge is -2.40. The highest BCUT2D eigenvalue weighted by molar-refractivity contribution is 5.93. The normalized spacial score (nSPS) is 18.4. The summed E-state index contributed by atoms with van der Waals surface area (Å²) < 4.78 is 14.1. The molecule has 1 aliphatic rings. The Morgan fingerprint density at radius 3 is 2.84 bits per heavy atom. The molecule has 98 valence electrons. The molecular weight excluding hydrogens is 247 g/mol. The minimum Gasteiger partial charge on any atom is -0.478 e. The van der Waals surface area contributed by atoms with Crippen LogP contribution < -0.4 is 4.90 Å². The van der Waals surface area contributed by atoms with Crippen LogP contribution >= 0.6 is 0 Å². The van der Waals surface area contributed by atoms with E-state index in [1.807, 2.05) is 11.8 Å². The zero-order valence-electron chi connectivity index (χ0n) is 10.4. The van der Waals surface area contributed by atoms with E-state index >= 15 is 0 Å². The SMILES string of the molecule is CC1CCN1c1cc2ncc(C(=O)O)cc2cc1F. The van der Waals surface area contributed by atoms with Crippen LogP contribution in [0.1, 0.15) is 23.7 Å². The lowest BCUT2D eigenvalue weighted by Crippen LogP contribution is -2.46. The molecule has 1 unspecified atom stereocenters. The van der Waals surface area contributed by atoms with Crippen molar-refractivity contribution in [2.45, 2.75) is 19.4 Å². The number of hydrogen-bond donors (Lipinski definition) is 1. The molecule has 19 heavy (non-hydrogen) atoms. The van der Waals surface area contributed by atoms with Crippen LogP contribution in [0.3, 0.4) is 0 Å². The van der Waals surface area contributed by atoms with Gasteiger partial charge in [0.2, 0.25) is 0 Å². The topological polar surface area (TPSA) is 53.4 Å². The molecule has 1 N–H and O–H groups in total. The summed E-state index contributed by atoms with van der Waals surface area (Å²) in [6.07, 6.45) is 2.36. The molecule has 3 rings (SSSR count). The molecule has 0 bridgehead atoms. The van der Waals surface area contributed by atoms with Gasteiger partial charge in [-0.25, -0.2) is 9.18 Å². The molecule has 0 radical (unpaired) electrons. The summed E-state index contributed by atoms with van der Waals surface area (Å²) in [5.74, 6) is -1.39. The quantitative estimate of drug-likeness (QED) is 0.902. The van der Waals surface area contributed by atoms with Gasteiger partial charge in [-0.2, -0.15) is 0 Å². The standard InChI is InChI=1S/C14H13FN2O2/c1-8-2-3-17(8)13-6-12-9(5-11(13)15)4-10(7-16-12)14(18)19/h4-8H,2-3H2,1H3,(H,18,19). The van der Waals surface area contributed by atoms with Crippen LogP contribution in [0.25, 0.3) is 10.9 Å². The van der Waals surface area contributed by atoms with Crippen molar-refractivity contribution in [1.82, 2.24) is 4.98 Å². The third-order valence-electron chi connectivity index (χ3n) is 3.63. The molecule has 1 fully saturated rings. The highest BCUT2D eigenvalue weighted by atomic mass is 19.1. The summed E-state index contributed by atoms with van der Waals surface area (Å²) in [5, 5.41) is 9.40. The first-order valence-electron chi connectivity index (χ1n) is 6.15. The van der Waals surface area contributed by atoms with Gasteiger partial charge in [0.25, 0.3) is 0 Å². The van der Waals surface area contributed by atoms with E-state index in [-0.39, 0.29) is 11.4 Å². The van der Waals surface area contributed by atoms with Crippen LogP contribution in [0.2, 0.25) is 0 Å². The molecule has 1 aromatic carbocycles. The van der Waals surface area contributed by atoms with Crippen molar-refractivity contribution in [2.75, 3.05) is 11.4 Å². The number of carboxylic acid groups (broad SMARTS) is 1. The number of halogens is 1. The molecule has 5 heteroatoms. The van der Waals surface area contributed by atoms with Crippen LogP contribution in [-0.2, 0) is 0 Å². The highest BCUT2D eigenvalue weighted by Gasteiger charge is 2.26. The third-order valence-corrected chi connectivity index (χ3v) is 3.63. The summed E-state index contributed by atoms with van der Waals surface area (Å²) in [6.45, 7) is 2.89. The molecule has 0 amide bonds. The number of pyridine rings is 1. The third kappa shape index (κ3) is 1.91. The lowest BCUT2D eigenvalue weighted by molar-refractivity contribution is 0.0696. The first kappa shape index (κ1) is 11.9. The summed E-state index contributed by atoms with van der Waals surface area (Å²) in [7, 11) is 0. The molecule has 2 heterocycles. The van der Waals surface area contributed by atoms with Crippen LogP contribution in [0.5, 0.6) is 0 Å². The van der Waals surface area contributed by atoms with Crippen LogP contribution in [0.4, 0.5) is 10.1 Å².